The first-order valence-corrected chi connectivity index (χ1v) is 8.38. The lowest BCUT2D eigenvalue weighted by atomic mass is 10.2. The van der Waals surface area contributed by atoms with E-state index in [9.17, 15) is 4.79 Å². The maximum atomic E-state index is 12.8. The smallest absolute Gasteiger partial charge is 0.322 e. The standard InChI is InChI=1S/C17H23N5O3/c1-10(2)15-20-21-16(25-15)14-9-24-8-7-22(14)17(23)19-13-6-5-11(3)18-12(13)4/h5-6,10,14H,7-9H2,1-4H3,(H,19,23)/t14-/m0/s1. The zero-order valence-electron chi connectivity index (χ0n) is 14.9. The molecular weight excluding hydrogens is 322 g/mol. The van der Waals surface area contributed by atoms with Crippen molar-refractivity contribution >= 4 is 11.7 Å². The van der Waals surface area contributed by atoms with Gasteiger partial charge in [0.15, 0.2) is 0 Å². The van der Waals surface area contributed by atoms with Gasteiger partial charge in [-0.05, 0) is 26.0 Å². The van der Waals surface area contributed by atoms with E-state index in [4.69, 9.17) is 9.15 Å². The molecule has 0 aromatic carbocycles. The number of morpholine rings is 1. The Balaban J connectivity index is 1.78. The number of pyridine rings is 1. The topological polar surface area (TPSA) is 93.4 Å². The van der Waals surface area contributed by atoms with E-state index in [-0.39, 0.29) is 11.9 Å². The molecule has 8 heteroatoms. The Kier molecular flexibility index (Phi) is 4.98. The summed E-state index contributed by atoms with van der Waals surface area (Å²) in [6.07, 6.45) is 0. The number of nitrogens with zero attached hydrogens (tertiary/aromatic N) is 4. The van der Waals surface area contributed by atoms with Crippen LogP contribution in [0.1, 0.15) is 49.0 Å². The van der Waals surface area contributed by atoms with E-state index in [1.165, 1.54) is 0 Å². The van der Waals surface area contributed by atoms with Crippen LogP contribution in [-0.4, -0.2) is 45.9 Å². The Labute approximate surface area is 146 Å². The van der Waals surface area contributed by atoms with E-state index in [0.29, 0.717) is 37.2 Å². The highest BCUT2D eigenvalue weighted by Crippen LogP contribution is 2.26. The molecule has 25 heavy (non-hydrogen) atoms. The van der Waals surface area contributed by atoms with Gasteiger partial charge in [0.25, 0.3) is 0 Å². The van der Waals surface area contributed by atoms with Crippen molar-refractivity contribution in [2.24, 2.45) is 0 Å². The number of rotatable bonds is 3. The number of hydrogen-bond acceptors (Lipinski definition) is 6. The molecule has 2 aromatic heterocycles. The highest BCUT2D eigenvalue weighted by atomic mass is 16.5. The van der Waals surface area contributed by atoms with Crippen LogP contribution in [0.4, 0.5) is 10.5 Å². The van der Waals surface area contributed by atoms with Crippen LogP contribution >= 0.6 is 0 Å². The first-order valence-electron chi connectivity index (χ1n) is 8.38. The molecule has 1 aliphatic rings. The maximum absolute atomic E-state index is 12.8. The molecule has 3 heterocycles. The van der Waals surface area contributed by atoms with Gasteiger partial charge in [0.2, 0.25) is 11.8 Å². The lowest BCUT2D eigenvalue weighted by Crippen LogP contribution is -2.45. The van der Waals surface area contributed by atoms with Crippen molar-refractivity contribution in [1.29, 1.82) is 0 Å². The molecule has 1 N–H and O–H groups in total. The van der Waals surface area contributed by atoms with Crippen LogP contribution in [0, 0.1) is 13.8 Å². The summed E-state index contributed by atoms with van der Waals surface area (Å²) in [5, 5.41) is 11.1. The fraction of sp³-hybridized carbons (Fsp3) is 0.529. The van der Waals surface area contributed by atoms with Crippen molar-refractivity contribution in [2.75, 3.05) is 25.1 Å². The summed E-state index contributed by atoms with van der Waals surface area (Å²) in [7, 11) is 0. The van der Waals surface area contributed by atoms with Gasteiger partial charge in [-0.3, -0.25) is 4.98 Å². The summed E-state index contributed by atoms with van der Waals surface area (Å²) in [6.45, 7) is 9.00. The third-order valence-electron chi connectivity index (χ3n) is 4.09. The van der Waals surface area contributed by atoms with Crippen LogP contribution in [0.5, 0.6) is 0 Å². The zero-order chi connectivity index (χ0) is 18.0. The third-order valence-corrected chi connectivity index (χ3v) is 4.09. The predicted molar refractivity (Wildman–Crippen MR) is 91.4 cm³/mol. The molecule has 0 bridgehead atoms. The molecule has 0 saturated carbocycles. The van der Waals surface area contributed by atoms with Gasteiger partial charge in [-0.15, -0.1) is 10.2 Å². The Hall–Kier alpha value is -2.48. The van der Waals surface area contributed by atoms with Crippen molar-refractivity contribution in [3.05, 3.63) is 35.3 Å². The van der Waals surface area contributed by atoms with E-state index < -0.39 is 6.04 Å². The molecule has 0 spiro atoms. The average Bonchev–Trinajstić information content (AvgIpc) is 3.07. The molecule has 1 atom stereocenters. The second-order valence-corrected chi connectivity index (χ2v) is 6.43. The SMILES string of the molecule is Cc1ccc(NC(=O)N2CCOC[C@H]2c2nnc(C(C)C)o2)c(C)n1. The lowest BCUT2D eigenvalue weighted by molar-refractivity contribution is 0.00493. The normalized spacial score (nSPS) is 17.8. The van der Waals surface area contributed by atoms with E-state index >= 15 is 0 Å². The largest absolute Gasteiger partial charge is 0.423 e. The van der Waals surface area contributed by atoms with E-state index in [0.717, 1.165) is 11.4 Å². The van der Waals surface area contributed by atoms with E-state index in [1.807, 2.05) is 39.8 Å². The number of carbonyl (C=O) groups excluding carboxylic acids is 1. The van der Waals surface area contributed by atoms with E-state index in [2.05, 4.69) is 20.5 Å². The summed E-state index contributed by atoms with van der Waals surface area (Å²) >= 11 is 0. The van der Waals surface area contributed by atoms with Crippen molar-refractivity contribution in [3.8, 4) is 0 Å². The molecule has 1 fully saturated rings. The second-order valence-electron chi connectivity index (χ2n) is 6.43. The highest BCUT2D eigenvalue weighted by Gasteiger charge is 2.33. The van der Waals surface area contributed by atoms with Crippen molar-refractivity contribution in [3.63, 3.8) is 0 Å². The van der Waals surface area contributed by atoms with Crippen molar-refractivity contribution in [1.82, 2.24) is 20.1 Å². The molecule has 2 aromatic rings. The van der Waals surface area contributed by atoms with Crippen LogP contribution < -0.4 is 5.32 Å². The number of amides is 2. The fourth-order valence-corrected chi connectivity index (χ4v) is 2.67. The summed E-state index contributed by atoms with van der Waals surface area (Å²) in [6, 6.07) is 3.10. The van der Waals surface area contributed by atoms with Crippen LogP contribution in [0.25, 0.3) is 0 Å². The Morgan fingerprint density at radius 2 is 2.12 bits per heavy atom. The van der Waals surface area contributed by atoms with Gasteiger partial charge < -0.3 is 19.4 Å². The molecule has 134 valence electrons. The fourth-order valence-electron chi connectivity index (χ4n) is 2.67. The van der Waals surface area contributed by atoms with Gasteiger partial charge in [0.1, 0.15) is 6.04 Å². The molecule has 0 radical (unpaired) electrons. The van der Waals surface area contributed by atoms with Gasteiger partial charge >= 0.3 is 6.03 Å². The molecule has 3 rings (SSSR count). The minimum Gasteiger partial charge on any atom is -0.423 e. The molecule has 1 aliphatic heterocycles. The Morgan fingerprint density at radius 1 is 1.32 bits per heavy atom. The van der Waals surface area contributed by atoms with Gasteiger partial charge in [-0.25, -0.2) is 4.79 Å². The molecule has 1 saturated heterocycles. The van der Waals surface area contributed by atoms with Gasteiger partial charge in [0, 0.05) is 18.2 Å². The van der Waals surface area contributed by atoms with Gasteiger partial charge in [-0.2, -0.15) is 0 Å². The summed E-state index contributed by atoms with van der Waals surface area (Å²) in [5.74, 6) is 1.09. The average molecular weight is 345 g/mol. The monoisotopic (exact) mass is 345 g/mol. The third kappa shape index (κ3) is 3.79. The minimum absolute atomic E-state index is 0.134. The summed E-state index contributed by atoms with van der Waals surface area (Å²) in [5.41, 5.74) is 2.37. The number of urea groups is 1. The van der Waals surface area contributed by atoms with Crippen molar-refractivity contribution in [2.45, 2.75) is 39.7 Å². The molecule has 8 nitrogen and oxygen atoms in total. The number of anilines is 1. The quantitative estimate of drug-likeness (QED) is 0.919. The molecular formula is C17H23N5O3. The summed E-state index contributed by atoms with van der Waals surface area (Å²) in [4.78, 5) is 18.8. The van der Waals surface area contributed by atoms with Crippen molar-refractivity contribution < 1.29 is 13.9 Å². The minimum atomic E-state index is -0.396. The number of aromatic nitrogens is 3. The van der Waals surface area contributed by atoms with E-state index in [1.54, 1.807) is 4.90 Å². The second kappa shape index (κ2) is 7.18. The molecule has 2 amide bonds. The first kappa shape index (κ1) is 17.3. The van der Waals surface area contributed by atoms with Gasteiger partial charge in [-0.1, -0.05) is 13.8 Å². The predicted octanol–water partition coefficient (Wildman–Crippen LogP) is 2.81. The van der Waals surface area contributed by atoms with Crippen LogP contribution in [0.3, 0.4) is 0 Å². The molecule has 0 aliphatic carbocycles. The van der Waals surface area contributed by atoms with Crippen LogP contribution in [0.2, 0.25) is 0 Å². The number of nitrogens with one attached hydrogen (secondary N) is 1. The van der Waals surface area contributed by atoms with Gasteiger partial charge in [0.05, 0.1) is 24.6 Å². The first-order chi connectivity index (χ1) is 12.0. The highest BCUT2D eigenvalue weighted by molar-refractivity contribution is 5.90. The number of carbonyl (C=O) groups is 1. The maximum Gasteiger partial charge on any atom is 0.322 e. The Bertz CT molecular complexity index is 758. The van der Waals surface area contributed by atoms with Crippen LogP contribution in [-0.2, 0) is 4.74 Å². The summed E-state index contributed by atoms with van der Waals surface area (Å²) < 4.78 is 11.2. The molecule has 0 unspecified atom stereocenters. The lowest BCUT2D eigenvalue weighted by Gasteiger charge is -2.33. The zero-order valence-corrected chi connectivity index (χ0v) is 14.9. The van der Waals surface area contributed by atoms with Crippen LogP contribution in [0.15, 0.2) is 16.5 Å². The number of aryl methyl sites for hydroxylation is 2. The number of ether oxygens (including phenoxy) is 1. The number of hydrogen-bond donors (Lipinski definition) is 1. The Morgan fingerprint density at radius 3 is 2.80 bits per heavy atom.